The number of rotatable bonds is 7. The molecule has 0 aromatic heterocycles. The zero-order valence-corrected chi connectivity index (χ0v) is 15.1. The topological polar surface area (TPSA) is 29.1 Å². The molecule has 2 nitrogen and oxygen atoms in total. The van der Waals surface area contributed by atoms with Gasteiger partial charge in [0.25, 0.3) is 0 Å². The number of aryl methyl sites for hydroxylation is 2. The number of hydrogen-bond acceptors (Lipinski definition) is 2. The van der Waals surface area contributed by atoms with Gasteiger partial charge in [-0.2, -0.15) is 0 Å². The largest absolute Gasteiger partial charge is 0.355 e. The molecule has 2 rings (SSSR count). The second kappa shape index (κ2) is 8.99. The highest BCUT2D eigenvalue weighted by atomic mass is 35.5. The number of benzene rings is 2. The Balaban J connectivity index is 1.72. The predicted molar refractivity (Wildman–Crippen MR) is 99.3 cm³/mol. The summed E-state index contributed by atoms with van der Waals surface area (Å²) in [6, 6.07) is 16.1. The zero-order chi connectivity index (χ0) is 16.7. The molecule has 122 valence electrons. The summed E-state index contributed by atoms with van der Waals surface area (Å²) in [7, 11) is 0. The van der Waals surface area contributed by atoms with Crippen LogP contribution in [0.4, 0.5) is 0 Å². The molecule has 1 unspecified atom stereocenters. The number of carbonyl (C=O) groups is 1. The Labute approximate surface area is 147 Å². The average molecular weight is 348 g/mol. The van der Waals surface area contributed by atoms with Crippen LogP contribution in [0.15, 0.2) is 53.4 Å². The van der Waals surface area contributed by atoms with Gasteiger partial charge in [-0.15, -0.1) is 11.8 Å². The number of thioether (sulfide) groups is 1. The van der Waals surface area contributed by atoms with Gasteiger partial charge in [0.2, 0.25) is 5.91 Å². The summed E-state index contributed by atoms with van der Waals surface area (Å²) >= 11 is 7.71. The van der Waals surface area contributed by atoms with Gasteiger partial charge in [-0.25, -0.2) is 0 Å². The lowest BCUT2D eigenvalue weighted by molar-refractivity contribution is -0.120. The van der Waals surface area contributed by atoms with Crippen LogP contribution in [0.5, 0.6) is 0 Å². The van der Waals surface area contributed by atoms with Crippen LogP contribution in [-0.2, 0) is 11.2 Å². The summed E-state index contributed by atoms with van der Waals surface area (Å²) in [5, 5.41) is 3.70. The summed E-state index contributed by atoms with van der Waals surface area (Å²) in [4.78, 5) is 13.3. The predicted octanol–water partition coefficient (Wildman–Crippen LogP) is 4.88. The molecular weight excluding hydrogens is 326 g/mol. The van der Waals surface area contributed by atoms with E-state index in [1.165, 1.54) is 5.56 Å². The number of halogens is 1. The van der Waals surface area contributed by atoms with Crippen molar-refractivity contribution in [3.05, 3.63) is 64.7 Å². The van der Waals surface area contributed by atoms with Crippen molar-refractivity contribution in [1.29, 1.82) is 0 Å². The highest BCUT2D eigenvalue weighted by Gasteiger charge is 2.13. The Morgan fingerprint density at radius 1 is 1.17 bits per heavy atom. The Morgan fingerprint density at radius 2 is 1.87 bits per heavy atom. The van der Waals surface area contributed by atoms with Gasteiger partial charge in [-0.3, -0.25) is 4.79 Å². The first kappa shape index (κ1) is 17.9. The van der Waals surface area contributed by atoms with E-state index in [-0.39, 0.29) is 11.2 Å². The summed E-state index contributed by atoms with van der Waals surface area (Å²) in [6.07, 6.45) is 1.76. The quantitative estimate of drug-likeness (QED) is 0.571. The van der Waals surface area contributed by atoms with Gasteiger partial charge in [-0.05, 0) is 50.5 Å². The summed E-state index contributed by atoms with van der Waals surface area (Å²) in [6.45, 7) is 4.67. The van der Waals surface area contributed by atoms with E-state index < -0.39 is 0 Å². The van der Waals surface area contributed by atoms with Crippen molar-refractivity contribution in [2.24, 2.45) is 0 Å². The highest BCUT2D eigenvalue weighted by Crippen LogP contribution is 2.23. The molecule has 2 aromatic rings. The molecule has 4 heteroatoms. The van der Waals surface area contributed by atoms with E-state index in [0.29, 0.717) is 6.54 Å². The molecule has 23 heavy (non-hydrogen) atoms. The molecule has 0 heterocycles. The van der Waals surface area contributed by atoms with Crippen LogP contribution in [0.1, 0.15) is 24.5 Å². The number of amides is 1. The van der Waals surface area contributed by atoms with Crippen molar-refractivity contribution in [1.82, 2.24) is 5.32 Å². The summed E-state index contributed by atoms with van der Waals surface area (Å²) in [5.41, 5.74) is 2.36. The minimum atomic E-state index is -0.0991. The Kier molecular flexibility index (Phi) is 7.00. The average Bonchev–Trinajstić information content (AvgIpc) is 2.55. The second-order valence-electron chi connectivity index (χ2n) is 5.56. The monoisotopic (exact) mass is 347 g/mol. The summed E-state index contributed by atoms with van der Waals surface area (Å²) < 4.78 is 0. The molecule has 1 N–H and O–H groups in total. The lowest BCUT2D eigenvalue weighted by Gasteiger charge is -2.12. The van der Waals surface area contributed by atoms with Crippen LogP contribution >= 0.6 is 23.4 Å². The highest BCUT2D eigenvalue weighted by molar-refractivity contribution is 8.00. The maximum absolute atomic E-state index is 12.1. The second-order valence-corrected chi connectivity index (χ2v) is 7.38. The Morgan fingerprint density at radius 3 is 2.57 bits per heavy atom. The minimum absolute atomic E-state index is 0.0785. The number of carbonyl (C=O) groups excluding carboxylic acids is 1. The van der Waals surface area contributed by atoms with Gasteiger partial charge in [0.15, 0.2) is 0 Å². The molecule has 0 fully saturated rings. The van der Waals surface area contributed by atoms with Crippen LogP contribution < -0.4 is 5.32 Å². The van der Waals surface area contributed by atoms with Crippen molar-refractivity contribution in [3.8, 4) is 0 Å². The lowest BCUT2D eigenvalue weighted by atomic mass is 10.1. The van der Waals surface area contributed by atoms with E-state index in [4.69, 9.17) is 11.6 Å². The number of hydrogen-bond donors (Lipinski definition) is 1. The van der Waals surface area contributed by atoms with Gasteiger partial charge >= 0.3 is 0 Å². The third-order valence-corrected chi connectivity index (χ3v) is 5.06. The normalized spacial score (nSPS) is 12.0. The molecule has 2 aromatic carbocycles. The molecule has 0 aliphatic carbocycles. The standard InChI is InChI=1S/C19H22ClNOS/c1-14-9-11-17(12-10-14)23-15(2)19(22)21-13-5-7-16-6-3-4-8-18(16)20/h3-4,6,8-12,15H,5,7,13H2,1-2H3,(H,21,22). The van der Waals surface area contributed by atoms with Crippen LogP contribution in [0.2, 0.25) is 5.02 Å². The molecule has 0 saturated carbocycles. The van der Waals surface area contributed by atoms with Crippen LogP contribution in [0.3, 0.4) is 0 Å². The smallest absolute Gasteiger partial charge is 0.233 e. The molecule has 1 atom stereocenters. The fourth-order valence-electron chi connectivity index (χ4n) is 2.21. The molecule has 0 bridgehead atoms. The Bertz CT molecular complexity index is 642. The maximum atomic E-state index is 12.1. The number of nitrogens with one attached hydrogen (secondary N) is 1. The van der Waals surface area contributed by atoms with Gasteiger partial charge in [-0.1, -0.05) is 47.5 Å². The molecule has 0 radical (unpaired) electrons. The fourth-order valence-corrected chi connectivity index (χ4v) is 3.33. The van der Waals surface area contributed by atoms with E-state index in [9.17, 15) is 4.79 Å². The van der Waals surface area contributed by atoms with Crippen LogP contribution in [0, 0.1) is 6.92 Å². The molecule has 0 spiro atoms. The SMILES string of the molecule is Cc1ccc(SC(C)C(=O)NCCCc2ccccc2Cl)cc1. The van der Waals surface area contributed by atoms with Crippen molar-refractivity contribution in [3.63, 3.8) is 0 Å². The van der Waals surface area contributed by atoms with Crippen molar-refractivity contribution < 1.29 is 4.79 Å². The molecule has 0 aliphatic heterocycles. The first-order valence-electron chi connectivity index (χ1n) is 7.80. The van der Waals surface area contributed by atoms with Crippen LogP contribution in [-0.4, -0.2) is 17.7 Å². The van der Waals surface area contributed by atoms with Crippen molar-refractivity contribution >= 4 is 29.3 Å². The molecular formula is C19H22ClNOS. The van der Waals surface area contributed by atoms with E-state index >= 15 is 0 Å². The first-order chi connectivity index (χ1) is 11.1. The third kappa shape index (κ3) is 5.92. The van der Waals surface area contributed by atoms with Gasteiger partial charge in [0.05, 0.1) is 5.25 Å². The van der Waals surface area contributed by atoms with Crippen LogP contribution in [0.25, 0.3) is 0 Å². The first-order valence-corrected chi connectivity index (χ1v) is 9.06. The lowest BCUT2D eigenvalue weighted by Crippen LogP contribution is -2.31. The van der Waals surface area contributed by atoms with Gasteiger partial charge in [0, 0.05) is 16.5 Å². The Hall–Kier alpha value is -1.45. The fraction of sp³-hybridized carbons (Fsp3) is 0.316. The van der Waals surface area contributed by atoms with Crippen molar-refractivity contribution in [2.45, 2.75) is 36.8 Å². The van der Waals surface area contributed by atoms with E-state index in [1.54, 1.807) is 11.8 Å². The van der Waals surface area contributed by atoms with Gasteiger partial charge < -0.3 is 5.32 Å². The minimum Gasteiger partial charge on any atom is -0.355 e. The zero-order valence-electron chi connectivity index (χ0n) is 13.5. The molecule has 0 saturated heterocycles. The van der Waals surface area contributed by atoms with Gasteiger partial charge in [0.1, 0.15) is 0 Å². The van der Waals surface area contributed by atoms with Crippen molar-refractivity contribution in [2.75, 3.05) is 6.54 Å². The van der Waals surface area contributed by atoms with E-state index in [1.807, 2.05) is 31.2 Å². The van der Waals surface area contributed by atoms with E-state index in [2.05, 4.69) is 36.5 Å². The molecule has 1 amide bonds. The maximum Gasteiger partial charge on any atom is 0.233 e. The summed E-state index contributed by atoms with van der Waals surface area (Å²) in [5.74, 6) is 0.0785. The molecule has 0 aliphatic rings. The third-order valence-electron chi connectivity index (χ3n) is 3.58. The van der Waals surface area contributed by atoms with E-state index in [0.717, 1.165) is 28.3 Å².